The number of aromatic nitrogens is 2. The zero-order chi connectivity index (χ0) is 13.9. The average Bonchev–Trinajstić information content (AvgIpc) is 2.48. The van der Waals surface area contributed by atoms with E-state index in [1.807, 2.05) is 54.5 Å². The maximum absolute atomic E-state index is 4.64. The van der Waals surface area contributed by atoms with E-state index in [0.717, 1.165) is 27.9 Å². The molecule has 4 heteroatoms. The lowest BCUT2D eigenvalue weighted by Crippen LogP contribution is -2.19. The van der Waals surface area contributed by atoms with E-state index < -0.39 is 0 Å². The third-order valence-corrected chi connectivity index (χ3v) is 3.79. The minimum atomic E-state index is 0.730. The standard InChI is InChI=1S/C16H14BrN3/c1-20(11-12-6-3-2-4-7-12)16-18-10-13-8-5-9-14(17)15(13)19-16/h2-10H,11H2,1H3. The minimum Gasteiger partial charge on any atom is -0.340 e. The Morgan fingerprint density at radius 1 is 1.05 bits per heavy atom. The van der Waals surface area contributed by atoms with Crippen molar-refractivity contribution in [1.82, 2.24) is 9.97 Å². The van der Waals surface area contributed by atoms with Crippen LogP contribution < -0.4 is 4.90 Å². The van der Waals surface area contributed by atoms with E-state index in [0.29, 0.717) is 0 Å². The summed E-state index contributed by atoms with van der Waals surface area (Å²) >= 11 is 3.54. The number of rotatable bonds is 3. The Balaban J connectivity index is 1.92. The van der Waals surface area contributed by atoms with Crippen molar-refractivity contribution in [3.63, 3.8) is 0 Å². The van der Waals surface area contributed by atoms with Crippen LogP contribution in [-0.4, -0.2) is 17.0 Å². The number of anilines is 1. The highest BCUT2D eigenvalue weighted by Crippen LogP contribution is 2.23. The fourth-order valence-corrected chi connectivity index (χ4v) is 2.59. The first kappa shape index (κ1) is 13.1. The van der Waals surface area contributed by atoms with Crippen molar-refractivity contribution < 1.29 is 0 Å². The van der Waals surface area contributed by atoms with E-state index in [1.165, 1.54) is 5.56 Å². The van der Waals surface area contributed by atoms with Gasteiger partial charge in [-0.05, 0) is 27.6 Å². The molecule has 0 atom stereocenters. The number of hydrogen-bond donors (Lipinski definition) is 0. The Morgan fingerprint density at radius 2 is 1.85 bits per heavy atom. The third kappa shape index (κ3) is 2.65. The Labute approximate surface area is 126 Å². The second-order valence-corrected chi connectivity index (χ2v) is 5.54. The van der Waals surface area contributed by atoms with Gasteiger partial charge >= 0.3 is 0 Å². The molecule has 3 nitrogen and oxygen atoms in total. The minimum absolute atomic E-state index is 0.730. The van der Waals surface area contributed by atoms with Crippen LogP contribution in [0.15, 0.2) is 59.2 Å². The molecule has 0 spiro atoms. The monoisotopic (exact) mass is 327 g/mol. The molecule has 0 saturated carbocycles. The molecule has 0 amide bonds. The van der Waals surface area contributed by atoms with Crippen molar-refractivity contribution in [2.24, 2.45) is 0 Å². The topological polar surface area (TPSA) is 29.0 Å². The Hall–Kier alpha value is -1.94. The van der Waals surface area contributed by atoms with E-state index in [2.05, 4.69) is 38.0 Å². The largest absolute Gasteiger partial charge is 0.340 e. The fraction of sp³-hybridized carbons (Fsp3) is 0.125. The van der Waals surface area contributed by atoms with E-state index in [4.69, 9.17) is 0 Å². The summed E-state index contributed by atoms with van der Waals surface area (Å²) in [5.74, 6) is 0.730. The molecule has 0 aliphatic heterocycles. The smallest absolute Gasteiger partial charge is 0.225 e. The SMILES string of the molecule is CN(Cc1ccccc1)c1ncc2cccc(Br)c2n1. The normalized spacial score (nSPS) is 10.7. The van der Waals surface area contributed by atoms with Gasteiger partial charge in [0, 0.05) is 29.6 Å². The van der Waals surface area contributed by atoms with E-state index in [9.17, 15) is 0 Å². The molecule has 0 unspecified atom stereocenters. The van der Waals surface area contributed by atoms with Crippen molar-refractivity contribution in [2.45, 2.75) is 6.54 Å². The van der Waals surface area contributed by atoms with Crippen LogP contribution in [0, 0.1) is 0 Å². The highest BCUT2D eigenvalue weighted by molar-refractivity contribution is 9.10. The number of nitrogens with zero attached hydrogens (tertiary/aromatic N) is 3. The van der Waals surface area contributed by atoms with E-state index >= 15 is 0 Å². The fourth-order valence-electron chi connectivity index (χ4n) is 2.12. The highest BCUT2D eigenvalue weighted by atomic mass is 79.9. The van der Waals surface area contributed by atoms with Gasteiger partial charge in [0.1, 0.15) is 0 Å². The van der Waals surface area contributed by atoms with Crippen LogP contribution >= 0.6 is 15.9 Å². The van der Waals surface area contributed by atoms with Gasteiger partial charge in [-0.25, -0.2) is 9.97 Å². The Bertz CT molecular complexity index is 728. The number of para-hydroxylation sites is 1. The molecule has 0 saturated heterocycles. The number of halogens is 1. The molecule has 2 aromatic carbocycles. The molecule has 0 aliphatic carbocycles. The van der Waals surface area contributed by atoms with Crippen molar-refractivity contribution in [3.05, 3.63) is 64.8 Å². The maximum atomic E-state index is 4.64. The molecule has 0 fully saturated rings. The van der Waals surface area contributed by atoms with Crippen LogP contribution in [0.25, 0.3) is 10.9 Å². The van der Waals surface area contributed by atoms with Gasteiger partial charge in [0.15, 0.2) is 0 Å². The van der Waals surface area contributed by atoms with E-state index in [1.54, 1.807) is 0 Å². The van der Waals surface area contributed by atoms with Gasteiger partial charge < -0.3 is 4.90 Å². The van der Waals surface area contributed by atoms with Crippen molar-refractivity contribution in [2.75, 3.05) is 11.9 Å². The second-order valence-electron chi connectivity index (χ2n) is 4.69. The van der Waals surface area contributed by atoms with Crippen LogP contribution in [0.3, 0.4) is 0 Å². The van der Waals surface area contributed by atoms with Crippen LogP contribution in [0.2, 0.25) is 0 Å². The average molecular weight is 328 g/mol. The summed E-state index contributed by atoms with van der Waals surface area (Å²) in [5, 5.41) is 1.04. The summed E-state index contributed by atoms with van der Waals surface area (Å²) in [6.45, 7) is 0.788. The van der Waals surface area contributed by atoms with Crippen molar-refractivity contribution in [3.8, 4) is 0 Å². The van der Waals surface area contributed by atoms with E-state index in [-0.39, 0.29) is 0 Å². The lowest BCUT2D eigenvalue weighted by molar-refractivity contribution is 0.873. The summed E-state index contributed by atoms with van der Waals surface area (Å²) in [6.07, 6.45) is 1.86. The van der Waals surface area contributed by atoms with Gasteiger partial charge in [0.05, 0.1) is 5.52 Å². The van der Waals surface area contributed by atoms with Crippen LogP contribution in [0.1, 0.15) is 5.56 Å². The third-order valence-electron chi connectivity index (χ3n) is 3.15. The zero-order valence-corrected chi connectivity index (χ0v) is 12.7. The lowest BCUT2D eigenvalue weighted by atomic mass is 10.2. The highest BCUT2D eigenvalue weighted by Gasteiger charge is 2.07. The van der Waals surface area contributed by atoms with Gasteiger partial charge in [-0.15, -0.1) is 0 Å². The molecule has 0 radical (unpaired) electrons. The summed E-state index contributed by atoms with van der Waals surface area (Å²) in [6, 6.07) is 16.3. The number of hydrogen-bond acceptors (Lipinski definition) is 3. The molecule has 0 bridgehead atoms. The van der Waals surface area contributed by atoms with Crippen molar-refractivity contribution >= 4 is 32.8 Å². The summed E-state index contributed by atoms with van der Waals surface area (Å²) in [4.78, 5) is 11.1. The molecule has 3 aromatic rings. The predicted octanol–water partition coefficient (Wildman–Crippen LogP) is 4.03. The van der Waals surface area contributed by atoms with Crippen LogP contribution in [0.5, 0.6) is 0 Å². The second kappa shape index (κ2) is 5.59. The molecular weight excluding hydrogens is 314 g/mol. The summed E-state index contributed by atoms with van der Waals surface area (Å²) in [7, 11) is 2.00. The van der Waals surface area contributed by atoms with Gasteiger partial charge in [-0.1, -0.05) is 42.5 Å². The first-order valence-electron chi connectivity index (χ1n) is 6.40. The lowest BCUT2D eigenvalue weighted by Gasteiger charge is -2.17. The molecule has 100 valence electrons. The molecule has 0 aliphatic rings. The Morgan fingerprint density at radius 3 is 2.65 bits per heavy atom. The number of fused-ring (bicyclic) bond motifs is 1. The first-order valence-corrected chi connectivity index (χ1v) is 7.19. The maximum Gasteiger partial charge on any atom is 0.225 e. The zero-order valence-electron chi connectivity index (χ0n) is 11.1. The first-order chi connectivity index (χ1) is 9.74. The summed E-state index contributed by atoms with van der Waals surface area (Å²) in [5.41, 5.74) is 2.18. The van der Waals surface area contributed by atoms with Gasteiger partial charge in [-0.3, -0.25) is 0 Å². The molecule has 3 rings (SSSR count). The van der Waals surface area contributed by atoms with Crippen LogP contribution in [-0.2, 0) is 6.54 Å². The number of benzene rings is 2. The summed E-state index contributed by atoms with van der Waals surface area (Å²) < 4.78 is 0.992. The Kier molecular flexibility index (Phi) is 3.65. The van der Waals surface area contributed by atoms with Crippen LogP contribution in [0.4, 0.5) is 5.95 Å². The van der Waals surface area contributed by atoms with Gasteiger partial charge in [-0.2, -0.15) is 0 Å². The quantitative estimate of drug-likeness (QED) is 0.727. The molecular formula is C16H14BrN3. The predicted molar refractivity (Wildman–Crippen MR) is 85.8 cm³/mol. The molecule has 20 heavy (non-hydrogen) atoms. The molecule has 0 N–H and O–H groups in total. The van der Waals surface area contributed by atoms with Gasteiger partial charge in [0.2, 0.25) is 5.95 Å². The molecule has 1 aromatic heterocycles. The van der Waals surface area contributed by atoms with Crippen molar-refractivity contribution in [1.29, 1.82) is 0 Å². The van der Waals surface area contributed by atoms with Gasteiger partial charge in [0.25, 0.3) is 0 Å². The molecule has 1 heterocycles.